The molecular formula is C30H31N3O3. The molecule has 1 aliphatic heterocycles. The molecule has 1 aliphatic rings. The van der Waals surface area contributed by atoms with Gasteiger partial charge in [-0.1, -0.05) is 43.3 Å². The molecule has 0 saturated carbocycles. The summed E-state index contributed by atoms with van der Waals surface area (Å²) in [6.07, 6.45) is 4.28. The number of amides is 1. The number of nitrogens with zero attached hydrogens (tertiary/aromatic N) is 3. The Balaban J connectivity index is 1.51. The molecule has 1 amide bonds. The predicted molar refractivity (Wildman–Crippen MR) is 141 cm³/mol. The highest BCUT2D eigenvalue weighted by Gasteiger charge is 2.26. The standard InChI is InChI=1S/C30H31N3O3/c1-3-25-11-7-8-18-32(25)29(34)22-14-16-26(17-15-22)33-28(20-27(31-33)30(35)36-4-2)24-13-12-21-9-5-6-10-23(21)19-24/h5-6,9-10,12-17,19-20,25H,3-4,7-8,11,18H2,1-2H3. The average Bonchev–Trinajstić information content (AvgIpc) is 3.38. The fraction of sp³-hybridized carbons (Fsp3) is 0.300. The average molecular weight is 482 g/mol. The van der Waals surface area contributed by atoms with E-state index in [9.17, 15) is 9.59 Å². The van der Waals surface area contributed by atoms with Crippen LogP contribution in [0.25, 0.3) is 27.7 Å². The molecule has 6 heteroatoms. The molecule has 0 radical (unpaired) electrons. The minimum atomic E-state index is -0.458. The maximum atomic E-state index is 13.2. The Hall–Kier alpha value is -3.93. The SMILES string of the molecule is CCOC(=O)c1cc(-c2ccc3ccccc3c2)n(-c2ccc(C(=O)N3CCCCC3CC)cc2)n1. The summed E-state index contributed by atoms with van der Waals surface area (Å²) in [6.45, 7) is 5.02. The van der Waals surface area contributed by atoms with E-state index in [1.807, 2.05) is 47.4 Å². The van der Waals surface area contributed by atoms with Gasteiger partial charge in [0.2, 0.25) is 0 Å². The summed E-state index contributed by atoms with van der Waals surface area (Å²) in [6, 6.07) is 23.9. The summed E-state index contributed by atoms with van der Waals surface area (Å²) in [5.74, 6) is -0.378. The van der Waals surface area contributed by atoms with Crippen LogP contribution < -0.4 is 0 Å². The molecule has 0 N–H and O–H groups in total. The van der Waals surface area contributed by atoms with Gasteiger partial charge in [0, 0.05) is 23.7 Å². The Labute approximate surface area is 211 Å². The third-order valence-electron chi connectivity index (χ3n) is 6.96. The molecule has 1 unspecified atom stereocenters. The van der Waals surface area contributed by atoms with Crippen molar-refractivity contribution in [2.24, 2.45) is 0 Å². The summed E-state index contributed by atoms with van der Waals surface area (Å²) < 4.78 is 6.96. The van der Waals surface area contributed by atoms with E-state index in [-0.39, 0.29) is 18.2 Å². The fourth-order valence-electron chi connectivity index (χ4n) is 5.04. The number of benzene rings is 3. The number of hydrogen-bond acceptors (Lipinski definition) is 4. The third kappa shape index (κ3) is 4.63. The highest BCUT2D eigenvalue weighted by molar-refractivity contribution is 5.95. The number of esters is 1. The van der Waals surface area contributed by atoms with E-state index in [0.717, 1.165) is 53.5 Å². The summed E-state index contributed by atoms with van der Waals surface area (Å²) in [7, 11) is 0. The maximum absolute atomic E-state index is 13.2. The van der Waals surface area contributed by atoms with Gasteiger partial charge in [-0.3, -0.25) is 4.79 Å². The first-order chi connectivity index (χ1) is 17.6. The van der Waals surface area contributed by atoms with E-state index in [0.29, 0.717) is 11.6 Å². The van der Waals surface area contributed by atoms with Crippen LogP contribution in [0, 0.1) is 0 Å². The van der Waals surface area contributed by atoms with Crippen LogP contribution in [0.5, 0.6) is 0 Å². The predicted octanol–water partition coefficient (Wildman–Crippen LogP) is 6.27. The molecule has 6 nitrogen and oxygen atoms in total. The van der Waals surface area contributed by atoms with Crippen LogP contribution in [0.3, 0.4) is 0 Å². The van der Waals surface area contributed by atoms with Crippen molar-refractivity contribution in [1.29, 1.82) is 0 Å². The Bertz CT molecular complexity index is 1390. The van der Waals surface area contributed by atoms with Gasteiger partial charge in [-0.05, 0) is 79.8 Å². The van der Waals surface area contributed by atoms with E-state index in [1.54, 1.807) is 17.7 Å². The summed E-state index contributed by atoms with van der Waals surface area (Å²) >= 11 is 0. The molecule has 3 aromatic carbocycles. The van der Waals surface area contributed by atoms with Gasteiger partial charge in [0.1, 0.15) is 0 Å². The number of ether oxygens (including phenoxy) is 1. The molecule has 2 heterocycles. The first-order valence-electron chi connectivity index (χ1n) is 12.8. The van der Waals surface area contributed by atoms with Gasteiger partial charge in [0.15, 0.2) is 5.69 Å². The molecule has 1 fully saturated rings. The van der Waals surface area contributed by atoms with Crippen LogP contribution >= 0.6 is 0 Å². The molecule has 1 atom stereocenters. The largest absolute Gasteiger partial charge is 0.461 e. The van der Waals surface area contributed by atoms with E-state index in [2.05, 4.69) is 36.3 Å². The van der Waals surface area contributed by atoms with Crippen molar-refractivity contribution in [2.45, 2.75) is 45.6 Å². The van der Waals surface area contributed by atoms with Crippen LogP contribution in [0.2, 0.25) is 0 Å². The Kier molecular flexibility index (Phi) is 6.85. The van der Waals surface area contributed by atoms with E-state index >= 15 is 0 Å². The molecule has 0 aliphatic carbocycles. The van der Waals surface area contributed by atoms with Crippen molar-refractivity contribution in [3.8, 4) is 16.9 Å². The van der Waals surface area contributed by atoms with Gasteiger partial charge in [0.05, 0.1) is 18.0 Å². The van der Waals surface area contributed by atoms with Gasteiger partial charge in [0.25, 0.3) is 5.91 Å². The lowest BCUT2D eigenvalue weighted by atomic mass is 9.99. The van der Waals surface area contributed by atoms with Gasteiger partial charge < -0.3 is 9.64 Å². The Morgan fingerprint density at radius 1 is 0.944 bits per heavy atom. The van der Waals surface area contributed by atoms with Crippen LogP contribution in [-0.2, 0) is 4.74 Å². The van der Waals surface area contributed by atoms with Crippen LogP contribution in [0.1, 0.15) is 60.4 Å². The first kappa shape index (κ1) is 23.8. The van der Waals surface area contributed by atoms with Crippen LogP contribution in [0.15, 0.2) is 72.8 Å². The minimum Gasteiger partial charge on any atom is -0.461 e. The molecule has 36 heavy (non-hydrogen) atoms. The second-order valence-electron chi connectivity index (χ2n) is 9.21. The number of aromatic nitrogens is 2. The highest BCUT2D eigenvalue weighted by atomic mass is 16.5. The van der Waals surface area contributed by atoms with Crippen LogP contribution in [-0.4, -0.2) is 45.8 Å². The summed E-state index contributed by atoms with van der Waals surface area (Å²) in [4.78, 5) is 27.8. The lowest BCUT2D eigenvalue weighted by Gasteiger charge is -2.35. The number of piperidine rings is 1. The number of fused-ring (bicyclic) bond motifs is 1. The van der Waals surface area contributed by atoms with Crippen molar-refractivity contribution < 1.29 is 14.3 Å². The van der Waals surface area contributed by atoms with Crippen molar-refractivity contribution in [2.75, 3.05) is 13.2 Å². The number of carbonyl (C=O) groups excluding carboxylic acids is 2. The zero-order valence-corrected chi connectivity index (χ0v) is 20.8. The van der Waals surface area contributed by atoms with Crippen molar-refractivity contribution in [1.82, 2.24) is 14.7 Å². The maximum Gasteiger partial charge on any atom is 0.358 e. The fourth-order valence-corrected chi connectivity index (χ4v) is 5.04. The monoisotopic (exact) mass is 481 g/mol. The van der Waals surface area contributed by atoms with Gasteiger partial charge in [-0.25, -0.2) is 9.48 Å². The highest BCUT2D eigenvalue weighted by Crippen LogP contribution is 2.28. The zero-order chi connectivity index (χ0) is 25.1. The summed E-state index contributed by atoms with van der Waals surface area (Å²) in [5.41, 5.74) is 3.42. The molecule has 1 aromatic heterocycles. The third-order valence-corrected chi connectivity index (χ3v) is 6.96. The van der Waals surface area contributed by atoms with E-state index < -0.39 is 5.97 Å². The number of rotatable bonds is 6. The lowest BCUT2D eigenvalue weighted by molar-refractivity contribution is 0.0518. The van der Waals surface area contributed by atoms with Gasteiger partial charge in [-0.15, -0.1) is 0 Å². The normalized spacial score (nSPS) is 15.7. The molecule has 4 aromatic rings. The molecule has 184 valence electrons. The zero-order valence-electron chi connectivity index (χ0n) is 20.8. The quantitative estimate of drug-likeness (QED) is 0.304. The Morgan fingerprint density at radius 3 is 2.47 bits per heavy atom. The summed E-state index contributed by atoms with van der Waals surface area (Å²) in [5, 5.41) is 6.84. The Morgan fingerprint density at radius 2 is 1.72 bits per heavy atom. The van der Waals surface area contributed by atoms with Crippen molar-refractivity contribution in [3.63, 3.8) is 0 Å². The second kappa shape index (κ2) is 10.4. The minimum absolute atomic E-state index is 0.0792. The first-order valence-corrected chi connectivity index (χ1v) is 12.8. The molecule has 0 spiro atoms. The van der Waals surface area contributed by atoms with Gasteiger partial charge >= 0.3 is 5.97 Å². The smallest absolute Gasteiger partial charge is 0.358 e. The number of carbonyl (C=O) groups is 2. The molecular weight excluding hydrogens is 450 g/mol. The molecule has 0 bridgehead atoms. The van der Waals surface area contributed by atoms with E-state index in [1.165, 1.54) is 6.42 Å². The second-order valence-corrected chi connectivity index (χ2v) is 9.21. The molecule has 1 saturated heterocycles. The molecule has 5 rings (SSSR count). The van der Waals surface area contributed by atoms with Crippen LogP contribution in [0.4, 0.5) is 0 Å². The lowest BCUT2D eigenvalue weighted by Crippen LogP contribution is -2.43. The van der Waals surface area contributed by atoms with Crippen molar-refractivity contribution >= 4 is 22.6 Å². The van der Waals surface area contributed by atoms with Gasteiger partial charge in [-0.2, -0.15) is 5.10 Å². The topological polar surface area (TPSA) is 64.4 Å². The number of likely N-dealkylation sites (tertiary alicyclic amines) is 1. The van der Waals surface area contributed by atoms with Crippen molar-refractivity contribution in [3.05, 3.63) is 84.1 Å². The number of hydrogen-bond donors (Lipinski definition) is 0. The van der Waals surface area contributed by atoms with E-state index in [4.69, 9.17) is 4.74 Å².